The number of benzene rings is 2. The zero-order chi connectivity index (χ0) is 17.5. The van der Waals surface area contributed by atoms with Crippen LogP contribution in [-0.2, 0) is 11.3 Å². The van der Waals surface area contributed by atoms with Crippen LogP contribution in [0.3, 0.4) is 0 Å². The van der Waals surface area contributed by atoms with Crippen molar-refractivity contribution >= 4 is 17.7 Å². The Morgan fingerprint density at radius 2 is 2.04 bits per heavy atom. The summed E-state index contributed by atoms with van der Waals surface area (Å²) in [5, 5.41) is 10.9. The van der Waals surface area contributed by atoms with Crippen LogP contribution in [0.15, 0.2) is 66.9 Å². The number of nitrogens with one attached hydrogen (secondary N) is 1. The second-order valence-corrected chi connectivity index (χ2v) is 5.38. The summed E-state index contributed by atoms with van der Waals surface area (Å²) in [6.45, 7) is 0.637. The number of hydrogen-bond acceptors (Lipinski definition) is 4. The molecule has 0 saturated carbocycles. The summed E-state index contributed by atoms with van der Waals surface area (Å²) < 4.78 is 6.86. The fourth-order valence-electron chi connectivity index (χ4n) is 2.28. The number of amides is 1. The van der Waals surface area contributed by atoms with Gasteiger partial charge in [-0.25, -0.2) is 4.68 Å². The minimum Gasteiger partial charge on any atom is -0.497 e. The zero-order valence-corrected chi connectivity index (χ0v) is 13.8. The number of ether oxygens (including phenoxy) is 1. The van der Waals surface area contributed by atoms with Crippen molar-refractivity contribution in [3.63, 3.8) is 0 Å². The van der Waals surface area contributed by atoms with Crippen LogP contribution in [0, 0.1) is 0 Å². The van der Waals surface area contributed by atoms with E-state index in [9.17, 15) is 4.79 Å². The van der Waals surface area contributed by atoms with Gasteiger partial charge in [0.25, 0.3) is 0 Å². The van der Waals surface area contributed by atoms with Crippen molar-refractivity contribution in [2.75, 3.05) is 12.4 Å². The van der Waals surface area contributed by atoms with Gasteiger partial charge in [0.1, 0.15) is 11.4 Å². The highest BCUT2D eigenvalue weighted by atomic mass is 16.5. The van der Waals surface area contributed by atoms with Crippen molar-refractivity contribution in [3.05, 3.63) is 78.1 Å². The Bertz CT molecular complexity index is 872. The van der Waals surface area contributed by atoms with E-state index in [1.165, 1.54) is 6.08 Å². The molecule has 3 aromatic rings. The van der Waals surface area contributed by atoms with E-state index in [0.29, 0.717) is 23.7 Å². The van der Waals surface area contributed by atoms with Gasteiger partial charge >= 0.3 is 0 Å². The summed E-state index contributed by atoms with van der Waals surface area (Å²) in [5.74, 6) is 0.441. The highest BCUT2D eigenvalue weighted by molar-refractivity contribution is 6.01. The van der Waals surface area contributed by atoms with E-state index in [0.717, 1.165) is 5.56 Å². The van der Waals surface area contributed by atoms with Gasteiger partial charge in [-0.15, -0.1) is 5.10 Å². The molecule has 1 heterocycles. The lowest BCUT2D eigenvalue weighted by atomic mass is 10.2. The highest BCUT2D eigenvalue weighted by Gasteiger charge is 2.02. The normalized spacial score (nSPS) is 10.8. The van der Waals surface area contributed by atoms with Crippen LogP contribution in [-0.4, -0.2) is 28.0 Å². The first kappa shape index (κ1) is 16.4. The second-order valence-electron chi connectivity index (χ2n) is 5.38. The molecule has 0 fully saturated rings. The monoisotopic (exact) mass is 334 g/mol. The number of carbonyl (C=O) groups excluding carboxylic acids is 1. The number of aromatic nitrogens is 3. The molecule has 3 rings (SSSR count). The molecule has 25 heavy (non-hydrogen) atoms. The topological polar surface area (TPSA) is 69.0 Å². The molecule has 0 unspecified atom stereocenters. The summed E-state index contributed by atoms with van der Waals surface area (Å²) in [6.07, 6.45) is 4.85. The smallest absolute Gasteiger partial charge is 0.248 e. The molecular formula is C19H18N4O2. The Hall–Kier alpha value is -3.41. The summed E-state index contributed by atoms with van der Waals surface area (Å²) in [5.41, 5.74) is 2.43. The molecule has 0 aliphatic rings. The molecule has 0 atom stereocenters. The molecule has 1 N–H and O–H groups in total. The van der Waals surface area contributed by atoms with Crippen molar-refractivity contribution in [3.8, 4) is 5.75 Å². The molecule has 1 amide bonds. The molecule has 0 radical (unpaired) electrons. The molecule has 1 aromatic heterocycles. The van der Waals surface area contributed by atoms with E-state index in [1.807, 2.05) is 42.5 Å². The van der Waals surface area contributed by atoms with Gasteiger partial charge in [0.2, 0.25) is 5.91 Å². The average Bonchev–Trinajstić information content (AvgIpc) is 3.08. The van der Waals surface area contributed by atoms with Gasteiger partial charge in [0.05, 0.1) is 19.9 Å². The third kappa shape index (κ3) is 4.78. The van der Waals surface area contributed by atoms with Gasteiger partial charge in [-0.2, -0.15) is 0 Å². The van der Waals surface area contributed by atoms with E-state index in [1.54, 1.807) is 36.2 Å². The molecule has 126 valence electrons. The molecular weight excluding hydrogens is 316 g/mol. The molecule has 0 saturated heterocycles. The van der Waals surface area contributed by atoms with Crippen LogP contribution in [0.25, 0.3) is 6.08 Å². The van der Waals surface area contributed by atoms with Crippen molar-refractivity contribution in [1.82, 2.24) is 15.0 Å². The number of methoxy groups -OCH3 is 1. The fourth-order valence-corrected chi connectivity index (χ4v) is 2.28. The zero-order valence-electron chi connectivity index (χ0n) is 13.8. The van der Waals surface area contributed by atoms with Crippen LogP contribution in [0.5, 0.6) is 5.75 Å². The Morgan fingerprint density at radius 3 is 2.84 bits per heavy atom. The summed E-state index contributed by atoms with van der Waals surface area (Å²) in [6, 6.07) is 17.2. The second kappa shape index (κ2) is 7.92. The van der Waals surface area contributed by atoms with Crippen molar-refractivity contribution in [2.24, 2.45) is 0 Å². The SMILES string of the molecule is COc1cccc(NC(=O)/C=C/c2cn(Cc3ccccc3)nn2)c1. The Labute approximate surface area is 145 Å². The predicted molar refractivity (Wildman–Crippen MR) is 96.2 cm³/mol. The first-order valence-corrected chi connectivity index (χ1v) is 7.80. The lowest BCUT2D eigenvalue weighted by Gasteiger charge is -2.04. The van der Waals surface area contributed by atoms with Crippen LogP contribution in [0.4, 0.5) is 5.69 Å². The highest BCUT2D eigenvalue weighted by Crippen LogP contribution is 2.16. The average molecular weight is 334 g/mol. The Balaban J connectivity index is 1.59. The first-order chi connectivity index (χ1) is 12.2. The Morgan fingerprint density at radius 1 is 1.20 bits per heavy atom. The number of rotatable bonds is 6. The molecule has 0 spiro atoms. The maximum absolute atomic E-state index is 12.0. The van der Waals surface area contributed by atoms with Crippen LogP contribution in [0.2, 0.25) is 0 Å². The quantitative estimate of drug-likeness (QED) is 0.704. The van der Waals surface area contributed by atoms with Gasteiger partial charge in [-0.3, -0.25) is 4.79 Å². The summed E-state index contributed by atoms with van der Waals surface area (Å²) in [7, 11) is 1.58. The molecule has 0 aliphatic carbocycles. The van der Waals surface area contributed by atoms with E-state index < -0.39 is 0 Å². The standard InChI is InChI=1S/C19H18N4O2/c1-25-18-9-5-8-16(12-18)20-19(24)11-10-17-14-23(22-21-17)13-15-6-3-2-4-7-15/h2-12,14H,13H2,1H3,(H,20,24)/b11-10+. The summed E-state index contributed by atoms with van der Waals surface area (Å²) >= 11 is 0. The van der Waals surface area contributed by atoms with Crippen LogP contribution in [0.1, 0.15) is 11.3 Å². The van der Waals surface area contributed by atoms with Gasteiger partial charge in [0.15, 0.2) is 0 Å². The lowest BCUT2D eigenvalue weighted by Crippen LogP contribution is -2.07. The van der Waals surface area contributed by atoms with Gasteiger partial charge in [0, 0.05) is 17.8 Å². The van der Waals surface area contributed by atoms with Gasteiger partial charge in [-0.1, -0.05) is 41.6 Å². The molecule has 2 aromatic carbocycles. The van der Waals surface area contributed by atoms with Crippen molar-refractivity contribution in [2.45, 2.75) is 6.54 Å². The van der Waals surface area contributed by atoms with Crippen molar-refractivity contribution < 1.29 is 9.53 Å². The third-order valence-corrected chi connectivity index (χ3v) is 3.49. The third-order valence-electron chi connectivity index (χ3n) is 3.49. The minimum atomic E-state index is -0.245. The van der Waals surface area contributed by atoms with Crippen LogP contribution < -0.4 is 10.1 Å². The lowest BCUT2D eigenvalue weighted by molar-refractivity contribution is -0.111. The number of carbonyl (C=O) groups is 1. The summed E-state index contributed by atoms with van der Waals surface area (Å²) in [4.78, 5) is 12.0. The molecule has 0 bridgehead atoms. The van der Waals surface area contributed by atoms with E-state index >= 15 is 0 Å². The Kier molecular flexibility index (Phi) is 5.21. The number of hydrogen-bond donors (Lipinski definition) is 1. The van der Waals surface area contributed by atoms with Gasteiger partial charge in [-0.05, 0) is 23.8 Å². The minimum absolute atomic E-state index is 0.245. The van der Waals surface area contributed by atoms with Gasteiger partial charge < -0.3 is 10.1 Å². The largest absolute Gasteiger partial charge is 0.497 e. The molecule has 6 heteroatoms. The number of nitrogens with zero attached hydrogens (tertiary/aromatic N) is 3. The molecule has 0 aliphatic heterocycles. The number of anilines is 1. The van der Waals surface area contributed by atoms with E-state index in [4.69, 9.17) is 4.74 Å². The molecule has 6 nitrogen and oxygen atoms in total. The van der Waals surface area contributed by atoms with E-state index in [2.05, 4.69) is 15.6 Å². The van der Waals surface area contributed by atoms with Crippen LogP contribution >= 0.6 is 0 Å². The maximum Gasteiger partial charge on any atom is 0.248 e. The maximum atomic E-state index is 12.0. The first-order valence-electron chi connectivity index (χ1n) is 7.80. The fraction of sp³-hybridized carbons (Fsp3) is 0.105. The van der Waals surface area contributed by atoms with E-state index in [-0.39, 0.29) is 5.91 Å². The predicted octanol–water partition coefficient (Wildman–Crippen LogP) is 2.99. The van der Waals surface area contributed by atoms with Crippen molar-refractivity contribution in [1.29, 1.82) is 0 Å².